The molecule has 2 atom stereocenters. The smallest absolute Gasteiger partial charge is 0.249 e. The van der Waals surface area contributed by atoms with Crippen molar-refractivity contribution in [2.24, 2.45) is 0 Å². The number of ether oxygens (including phenoxy) is 1. The lowest BCUT2D eigenvalue weighted by molar-refractivity contribution is 0.144. The lowest BCUT2D eigenvalue weighted by Crippen LogP contribution is -2.46. The number of sulfonamides is 1. The van der Waals surface area contributed by atoms with E-state index in [4.69, 9.17) is 4.74 Å². The third-order valence-electron chi connectivity index (χ3n) is 5.44. The van der Waals surface area contributed by atoms with Gasteiger partial charge in [-0.05, 0) is 40.1 Å². The topological polar surface area (TPSA) is 62.7 Å². The van der Waals surface area contributed by atoms with Gasteiger partial charge in [-0.1, -0.05) is 30.3 Å². The highest BCUT2D eigenvalue weighted by molar-refractivity contribution is 7.89. The van der Waals surface area contributed by atoms with Gasteiger partial charge in [-0.15, -0.1) is 0 Å². The first-order valence-electron chi connectivity index (χ1n) is 9.52. The van der Waals surface area contributed by atoms with E-state index < -0.39 is 10.0 Å². The molecular weight excluding hydrogens is 406 g/mol. The monoisotopic (exact) mass is 427 g/mol. The second-order valence-electron chi connectivity index (χ2n) is 7.39. The molecule has 0 saturated carbocycles. The van der Waals surface area contributed by atoms with Crippen molar-refractivity contribution in [3.05, 3.63) is 76.6 Å². The highest BCUT2D eigenvalue weighted by atomic mass is 32.2. The first kappa shape index (κ1) is 18.7. The summed E-state index contributed by atoms with van der Waals surface area (Å²) in [6, 6.07) is 14.8. The van der Waals surface area contributed by atoms with Crippen molar-refractivity contribution in [3.8, 4) is 5.88 Å². The third-order valence-corrected chi connectivity index (χ3v) is 8.05. The van der Waals surface area contributed by atoms with Gasteiger partial charge in [0.25, 0.3) is 0 Å². The van der Waals surface area contributed by atoms with E-state index in [1.165, 1.54) is 5.56 Å². The Kier molecular flexibility index (Phi) is 4.87. The van der Waals surface area contributed by atoms with Crippen LogP contribution in [-0.2, 0) is 23.1 Å². The number of thiophene rings is 1. The highest BCUT2D eigenvalue weighted by Crippen LogP contribution is 2.36. The van der Waals surface area contributed by atoms with Crippen molar-refractivity contribution in [1.82, 2.24) is 14.2 Å². The molecule has 1 saturated heterocycles. The molecule has 0 bridgehead atoms. The normalized spacial score (nSPS) is 23.7. The van der Waals surface area contributed by atoms with Crippen molar-refractivity contribution >= 4 is 21.4 Å². The van der Waals surface area contributed by atoms with Crippen molar-refractivity contribution in [3.63, 3.8) is 0 Å². The van der Waals surface area contributed by atoms with E-state index >= 15 is 0 Å². The Hall–Kier alpha value is -2.26. The lowest BCUT2D eigenvalue weighted by atomic mass is 10.1. The Labute approximate surface area is 174 Å². The van der Waals surface area contributed by atoms with Crippen LogP contribution in [0.2, 0.25) is 0 Å². The number of fused-ring (bicyclic) bond motifs is 2. The number of hydrogen-bond donors (Lipinski definition) is 0. The first-order valence-corrected chi connectivity index (χ1v) is 11.9. The fourth-order valence-corrected chi connectivity index (χ4v) is 6.43. The van der Waals surface area contributed by atoms with Crippen molar-refractivity contribution in [2.45, 2.75) is 30.1 Å². The second kappa shape index (κ2) is 7.53. The summed E-state index contributed by atoms with van der Waals surface area (Å²) in [6.45, 7) is 2.39. The average Bonchev–Trinajstić information content (AvgIpc) is 3.36. The van der Waals surface area contributed by atoms with Gasteiger partial charge < -0.3 is 4.74 Å². The predicted octanol–water partition coefficient (Wildman–Crippen LogP) is 2.98. The first-order chi connectivity index (χ1) is 14.1. The molecule has 5 rings (SSSR count). The van der Waals surface area contributed by atoms with Gasteiger partial charge >= 0.3 is 0 Å². The molecule has 2 aliphatic heterocycles. The van der Waals surface area contributed by atoms with E-state index in [0.29, 0.717) is 19.6 Å². The fraction of sp³-hybridized carbons (Fsp3) is 0.286. The van der Waals surface area contributed by atoms with Crippen LogP contribution in [0.1, 0.15) is 11.1 Å². The van der Waals surface area contributed by atoms with E-state index in [0.717, 1.165) is 12.1 Å². The molecule has 2 aliphatic rings. The van der Waals surface area contributed by atoms with Crippen LogP contribution >= 0.6 is 11.3 Å². The van der Waals surface area contributed by atoms with Gasteiger partial charge in [-0.25, -0.2) is 13.4 Å². The molecular formula is C21H21N3O3S2. The van der Waals surface area contributed by atoms with E-state index in [2.05, 4.69) is 26.7 Å². The quantitative estimate of drug-likeness (QED) is 0.641. The molecule has 1 fully saturated rings. The summed E-state index contributed by atoms with van der Waals surface area (Å²) < 4.78 is 34.9. The molecule has 0 amide bonds. The van der Waals surface area contributed by atoms with Crippen LogP contribution in [0.25, 0.3) is 0 Å². The lowest BCUT2D eigenvalue weighted by Gasteiger charge is -2.28. The molecule has 3 aromatic rings. The summed E-state index contributed by atoms with van der Waals surface area (Å²) in [5.41, 5.74) is 2.20. The number of likely N-dealkylation sites (tertiary alicyclic amines) is 1. The van der Waals surface area contributed by atoms with Gasteiger partial charge in [0.2, 0.25) is 15.9 Å². The summed E-state index contributed by atoms with van der Waals surface area (Å²) in [4.78, 5) is 6.64. The summed E-state index contributed by atoms with van der Waals surface area (Å²) >= 11 is 1.67. The summed E-state index contributed by atoms with van der Waals surface area (Å²) in [5.74, 6) is 0.204. The van der Waals surface area contributed by atoms with Crippen LogP contribution in [0.15, 0.2) is 70.4 Å². The number of benzene rings is 1. The van der Waals surface area contributed by atoms with Gasteiger partial charge in [0.05, 0.1) is 6.04 Å². The maximum atomic E-state index is 13.6. The summed E-state index contributed by atoms with van der Waals surface area (Å²) in [6.07, 6.45) is 1.32. The fourth-order valence-electron chi connectivity index (χ4n) is 4.07. The standard InChI is InChI=1S/C21H21N3O3S2/c25-29(26)20-7-4-9-22-21(20)27-19-14-23(11-17-8-10-28-15-17)13-18(19)24(29)12-16-5-2-1-3-6-16/h1-10,15,18-19H,11-14H2/t18-,19-/m0/s1. The van der Waals surface area contributed by atoms with Crippen LogP contribution in [0, 0.1) is 0 Å². The maximum Gasteiger partial charge on any atom is 0.249 e. The third kappa shape index (κ3) is 3.57. The SMILES string of the molecule is O=S1(=O)c2cccnc2O[C@H]2CN(Cc3ccsc3)C[C@@H]2N1Cc1ccccc1. The molecule has 8 heteroatoms. The average molecular weight is 428 g/mol. The minimum atomic E-state index is -3.74. The molecule has 150 valence electrons. The Balaban J connectivity index is 1.52. The zero-order valence-corrected chi connectivity index (χ0v) is 17.3. The molecule has 6 nitrogen and oxygen atoms in total. The molecule has 0 unspecified atom stereocenters. The number of hydrogen-bond acceptors (Lipinski definition) is 6. The van der Waals surface area contributed by atoms with E-state index in [1.54, 1.807) is 34.0 Å². The molecule has 2 aromatic heterocycles. The maximum absolute atomic E-state index is 13.6. The zero-order valence-electron chi connectivity index (χ0n) is 15.7. The Morgan fingerprint density at radius 1 is 1.03 bits per heavy atom. The van der Waals surface area contributed by atoms with Crippen LogP contribution in [0.4, 0.5) is 0 Å². The molecule has 0 aliphatic carbocycles. The molecule has 1 aromatic carbocycles. The van der Waals surface area contributed by atoms with E-state index in [-0.39, 0.29) is 22.9 Å². The number of rotatable bonds is 4. The summed E-state index contributed by atoms with van der Waals surface area (Å²) in [7, 11) is -3.74. The van der Waals surface area contributed by atoms with E-state index in [9.17, 15) is 8.42 Å². The Morgan fingerprint density at radius 2 is 1.90 bits per heavy atom. The largest absolute Gasteiger partial charge is 0.470 e. The molecule has 0 radical (unpaired) electrons. The van der Waals surface area contributed by atoms with Gasteiger partial charge in [-0.3, -0.25) is 4.90 Å². The predicted molar refractivity (Wildman–Crippen MR) is 111 cm³/mol. The molecule has 0 spiro atoms. The minimum absolute atomic E-state index is 0.148. The van der Waals surface area contributed by atoms with Crippen molar-refractivity contribution < 1.29 is 13.2 Å². The van der Waals surface area contributed by atoms with Gasteiger partial charge in [0, 0.05) is 32.4 Å². The van der Waals surface area contributed by atoms with Crippen LogP contribution in [0.3, 0.4) is 0 Å². The number of aromatic nitrogens is 1. The van der Waals surface area contributed by atoms with Gasteiger partial charge in [0.15, 0.2) is 0 Å². The Bertz CT molecular complexity index is 1090. The van der Waals surface area contributed by atoms with Gasteiger partial charge in [0.1, 0.15) is 11.0 Å². The van der Waals surface area contributed by atoms with E-state index in [1.807, 2.05) is 30.3 Å². The van der Waals surface area contributed by atoms with Crippen molar-refractivity contribution in [2.75, 3.05) is 13.1 Å². The van der Waals surface area contributed by atoms with Gasteiger partial charge in [-0.2, -0.15) is 15.6 Å². The van der Waals surface area contributed by atoms with Crippen LogP contribution in [-0.4, -0.2) is 47.8 Å². The van der Waals surface area contributed by atoms with Crippen molar-refractivity contribution in [1.29, 1.82) is 0 Å². The molecule has 0 N–H and O–H groups in total. The highest BCUT2D eigenvalue weighted by Gasteiger charge is 2.47. The van der Waals surface area contributed by atoms with Crippen LogP contribution < -0.4 is 4.74 Å². The minimum Gasteiger partial charge on any atom is -0.470 e. The molecule has 4 heterocycles. The van der Waals surface area contributed by atoms with Crippen LogP contribution in [0.5, 0.6) is 5.88 Å². The summed E-state index contributed by atoms with van der Waals surface area (Å²) in [5, 5.41) is 4.19. The number of pyridine rings is 1. The zero-order chi connectivity index (χ0) is 19.8. The number of nitrogens with zero attached hydrogens (tertiary/aromatic N) is 3. The Morgan fingerprint density at radius 3 is 2.69 bits per heavy atom. The molecule has 29 heavy (non-hydrogen) atoms. The second-order valence-corrected chi connectivity index (χ2v) is 10.0.